The molecule has 1 amide bonds. The molecule has 2 rings (SSSR count). The van der Waals surface area contributed by atoms with E-state index in [-0.39, 0.29) is 11.9 Å². The second kappa shape index (κ2) is 5.70. The normalized spacial score (nSPS) is 15.8. The van der Waals surface area contributed by atoms with Crippen molar-refractivity contribution in [3.05, 3.63) is 39.4 Å². The van der Waals surface area contributed by atoms with Crippen LogP contribution in [0, 0.1) is 27.7 Å². The highest BCUT2D eigenvalue weighted by Gasteiger charge is 2.30. The first kappa shape index (κ1) is 14.6. The van der Waals surface area contributed by atoms with Gasteiger partial charge in [-0.3, -0.25) is 14.9 Å². The lowest BCUT2D eigenvalue weighted by Gasteiger charge is -2.10. The van der Waals surface area contributed by atoms with E-state index in [1.807, 2.05) is 0 Å². The van der Waals surface area contributed by atoms with Crippen molar-refractivity contribution in [3.8, 4) is 0 Å². The monoisotopic (exact) mass is 304 g/mol. The van der Waals surface area contributed by atoms with Crippen molar-refractivity contribution in [2.24, 2.45) is 5.92 Å². The second-order valence-corrected chi connectivity index (χ2v) is 5.16. The van der Waals surface area contributed by atoms with Crippen LogP contribution in [0.5, 0.6) is 0 Å². The van der Waals surface area contributed by atoms with Crippen molar-refractivity contribution < 1.29 is 18.5 Å². The summed E-state index contributed by atoms with van der Waals surface area (Å²) in [4.78, 5) is 21.6. The number of nitro groups is 1. The minimum Gasteiger partial charge on any atom is -0.350 e. The minimum atomic E-state index is -1.37. The molecule has 1 aromatic rings. The molecule has 1 fully saturated rings. The van der Waals surface area contributed by atoms with Gasteiger partial charge in [0.25, 0.3) is 11.6 Å². The predicted octanol–water partition coefficient (Wildman–Crippen LogP) is 2.62. The number of nitro benzene ring substituents is 1. The lowest BCUT2D eigenvalue weighted by atomic mass is 10.1. The number of rotatable bonds is 5. The molecule has 1 saturated carbocycles. The third kappa shape index (κ3) is 3.22. The number of hydrogen-bond acceptors (Lipinski definition) is 3. The fourth-order valence-electron chi connectivity index (χ4n) is 1.78. The van der Waals surface area contributed by atoms with Crippen LogP contribution in [-0.4, -0.2) is 22.8 Å². The molecular weight excluding hydrogens is 294 g/mol. The van der Waals surface area contributed by atoms with Crippen molar-refractivity contribution in [2.75, 3.05) is 6.54 Å². The van der Waals surface area contributed by atoms with Crippen LogP contribution in [0.2, 0.25) is 0 Å². The largest absolute Gasteiger partial charge is 0.350 e. The molecule has 1 aliphatic rings. The van der Waals surface area contributed by atoms with Crippen LogP contribution in [-0.2, 0) is 0 Å². The van der Waals surface area contributed by atoms with Gasteiger partial charge in [0.2, 0.25) is 0 Å². The van der Waals surface area contributed by atoms with Crippen molar-refractivity contribution >= 4 is 23.2 Å². The standard InChI is InChI=1S/C12H11ClF2N2O3/c13-8(6-1-2-6)5-16-12(18)7-3-9(14)10(15)4-11(7)17(19)20/h3-4,6,8H,1-2,5H2,(H,16,18). The summed E-state index contributed by atoms with van der Waals surface area (Å²) in [6, 6.07) is 0.909. The van der Waals surface area contributed by atoms with Crippen LogP contribution in [0.15, 0.2) is 12.1 Å². The van der Waals surface area contributed by atoms with Crippen LogP contribution in [0.25, 0.3) is 0 Å². The number of nitrogens with one attached hydrogen (secondary N) is 1. The van der Waals surface area contributed by atoms with E-state index in [1.54, 1.807) is 0 Å². The van der Waals surface area contributed by atoms with E-state index in [4.69, 9.17) is 11.6 Å². The summed E-state index contributed by atoms with van der Waals surface area (Å²) in [5.74, 6) is -3.20. The Kier molecular flexibility index (Phi) is 4.17. The van der Waals surface area contributed by atoms with Gasteiger partial charge in [-0.15, -0.1) is 11.6 Å². The first-order chi connectivity index (χ1) is 9.40. The van der Waals surface area contributed by atoms with Gasteiger partial charge < -0.3 is 5.32 Å². The fraction of sp³-hybridized carbons (Fsp3) is 0.417. The molecule has 0 spiro atoms. The van der Waals surface area contributed by atoms with Crippen molar-refractivity contribution in [1.29, 1.82) is 0 Å². The van der Waals surface area contributed by atoms with Gasteiger partial charge in [0.15, 0.2) is 11.6 Å². The highest BCUT2D eigenvalue weighted by Crippen LogP contribution is 2.35. The molecule has 1 unspecified atom stereocenters. The summed E-state index contributed by atoms with van der Waals surface area (Å²) in [6.45, 7) is 0.126. The summed E-state index contributed by atoms with van der Waals surface area (Å²) in [5, 5.41) is 12.9. The van der Waals surface area contributed by atoms with E-state index in [0.717, 1.165) is 12.8 Å². The van der Waals surface area contributed by atoms with Gasteiger partial charge in [0, 0.05) is 6.54 Å². The molecule has 5 nitrogen and oxygen atoms in total. The van der Waals surface area contributed by atoms with E-state index in [0.29, 0.717) is 18.1 Å². The number of nitrogens with zero attached hydrogens (tertiary/aromatic N) is 1. The maximum Gasteiger partial charge on any atom is 0.285 e. The van der Waals surface area contributed by atoms with Crippen LogP contribution in [0.4, 0.5) is 14.5 Å². The molecule has 0 radical (unpaired) electrons. The molecular formula is C12H11ClF2N2O3. The van der Waals surface area contributed by atoms with E-state index < -0.39 is 33.7 Å². The molecule has 20 heavy (non-hydrogen) atoms. The average molecular weight is 305 g/mol. The smallest absolute Gasteiger partial charge is 0.285 e. The maximum atomic E-state index is 13.1. The number of alkyl halides is 1. The molecule has 1 atom stereocenters. The van der Waals surface area contributed by atoms with E-state index in [9.17, 15) is 23.7 Å². The average Bonchev–Trinajstić information content (AvgIpc) is 3.22. The number of halogens is 3. The Labute approximate surface area is 118 Å². The molecule has 0 saturated heterocycles. The van der Waals surface area contributed by atoms with Crippen molar-refractivity contribution in [2.45, 2.75) is 18.2 Å². The first-order valence-electron chi connectivity index (χ1n) is 5.96. The summed E-state index contributed by atoms with van der Waals surface area (Å²) >= 11 is 5.99. The summed E-state index contributed by atoms with van der Waals surface area (Å²) in [5.41, 5.74) is -1.30. The zero-order valence-electron chi connectivity index (χ0n) is 10.2. The summed E-state index contributed by atoms with van der Waals surface area (Å²) in [7, 11) is 0. The van der Waals surface area contributed by atoms with Gasteiger partial charge >= 0.3 is 0 Å². The molecule has 1 aliphatic carbocycles. The molecule has 1 N–H and O–H groups in total. The highest BCUT2D eigenvalue weighted by atomic mass is 35.5. The Hall–Kier alpha value is -1.76. The Morgan fingerprint density at radius 2 is 2.05 bits per heavy atom. The third-order valence-corrected chi connectivity index (χ3v) is 3.58. The SMILES string of the molecule is O=C(NCC(Cl)C1CC1)c1cc(F)c(F)cc1[N+](=O)[O-]. The molecule has 8 heteroatoms. The summed E-state index contributed by atoms with van der Waals surface area (Å²) < 4.78 is 26.1. The first-order valence-corrected chi connectivity index (χ1v) is 6.39. The predicted molar refractivity (Wildman–Crippen MR) is 67.7 cm³/mol. The minimum absolute atomic E-state index is 0.126. The number of benzene rings is 1. The maximum absolute atomic E-state index is 13.1. The second-order valence-electron chi connectivity index (χ2n) is 4.60. The Morgan fingerprint density at radius 3 is 2.60 bits per heavy atom. The Bertz CT molecular complexity index is 564. The number of amides is 1. The lowest BCUT2D eigenvalue weighted by molar-refractivity contribution is -0.385. The Morgan fingerprint density at radius 1 is 1.45 bits per heavy atom. The van der Waals surface area contributed by atoms with Gasteiger partial charge in [-0.05, 0) is 24.8 Å². The molecule has 108 valence electrons. The Balaban J connectivity index is 2.15. The van der Waals surface area contributed by atoms with E-state index in [1.165, 1.54) is 0 Å². The number of carbonyl (C=O) groups excluding carboxylic acids is 1. The number of carbonyl (C=O) groups is 1. The van der Waals surface area contributed by atoms with Gasteiger partial charge in [-0.2, -0.15) is 0 Å². The van der Waals surface area contributed by atoms with Gasteiger partial charge in [-0.1, -0.05) is 0 Å². The third-order valence-electron chi connectivity index (χ3n) is 3.07. The van der Waals surface area contributed by atoms with Crippen LogP contribution >= 0.6 is 11.6 Å². The molecule has 0 bridgehead atoms. The fourth-order valence-corrected chi connectivity index (χ4v) is 2.11. The quantitative estimate of drug-likeness (QED) is 0.516. The highest BCUT2D eigenvalue weighted by molar-refractivity contribution is 6.21. The van der Waals surface area contributed by atoms with Gasteiger partial charge in [-0.25, -0.2) is 8.78 Å². The zero-order valence-corrected chi connectivity index (χ0v) is 11.0. The number of hydrogen-bond donors (Lipinski definition) is 1. The van der Waals surface area contributed by atoms with Gasteiger partial charge in [0.05, 0.1) is 16.4 Å². The van der Waals surface area contributed by atoms with Crippen LogP contribution in [0.1, 0.15) is 23.2 Å². The van der Waals surface area contributed by atoms with Crippen LogP contribution < -0.4 is 5.32 Å². The summed E-state index contributed by atoms with van der Waals surface area (Å²) in [6.07, 6.45) is 1.96. The molecule has 0 aliphatic heterocycles. The van der Waals surface area contributed by atoms with Crippen molar-refractivity contribution in [1.82, 2.24) is 5.32 Å². The van der Waals surface area contributed by atoms with E-state index in [2.05, 4.69) is 5.32 Å². The molecule has 1 aromatic carbocycles. The lowest BCUT2D eigenvalue weighted by Crippen LogP contribution is -2.31. The zero-order chi connectivity index (χ0) is 14.9. The van der Waals surface area contributed by atoms with E-state index >= 15 is 0 Å². The molecule has 0 aromatic heterocycles. The topological polar surface area (TPSA) is 72.2 Å². The van der Waals surface area contributed by atoms with Gasteiger partial charge in [0.1, 0.15) is 5.56 Å². The van der Waals surface area contributed by atoms with Crippen LogP contribution in [0.3, 0.4) is 0 Å². The van der Waals surface area contributed by atoms with Crippen molar-refractivity contribution in [3.63, 3.8) is 0 Å². The molecule has 0 heterocycles.